The molecule has 1 amide bonds. The van der Waals surface area contributed by atoms with Gasteiger partial charge in [0.15, 0.2) is 0 Å². The van der Waals surface area contributed by atoms with E-state index in [1.165, 1.54) is 17.5 Å². The minimum absolute atomic E-state index is 0.00833. The summed E-state index contributed by atoms with van der Waals surface area (Å²) in [4.78, 5) is 12.4. The maximum atomic E-state index is 13.6. The Kier molecular flexibility index (Phi) is 6.22. The van der Waals surface area contributed by atoms with E-state index in [-0.39, 0.29) is 29.6 Å². The van der Waals surface area contributed by atoms with Gasteiger partial charge in [0.2, 0.25) is 15.9 Å². The van der Waals surface area contributed by atoms with Crippen LogP contribution >= 0.6 is 11.6 Å². The summed E-state index contributed by atoms with van der Waals surface area (Å²) >= 11 is 5.92. The Balaban J connectivity index is 1.79. The Labute approximate surface area is 168 Å². The van der Waals surface area contributed by atoms with E-state index in [9.17, 15) is 17.6 Å². The Morgan fingerprint density at radius 3 is 2.79 bits per heavy atom. The first kappa shape index (κ1) is 20.6. The highest BCUT2D eigenvalue weighted by Gasteiger charge is 2.35. The predicted molar refractivity (Wildman–Crippen MR) is 105 cm³/mol. The molecule has 28 heavy (non-hydrogen) atoms. The number of amides is 1. The quantitative estimate of drug-likeness (QED) is 0.793. The Hall–Kier alpha value is -2.16. The van der Waals surface area contributed by atoms with Crippen LogP contribution in [0.5, 0.6) is 5.75 Å². The maximum Gasteiger partial charge on any atom is 0.246 e. The molecule has 2 aromatic carbocycles. The molecule has 0 aromatic heterocycles. The van der Waals surface area contributed by atoms with Crippen molar-refractivity contribution in [1.29, 1.82) is 0 Å². The van der Waals surface area contributed by atoms with Gasteiger partial charge in [-0.25, -0.2) is 12.8 Å². The number of halogens is 2. The van der Waals surface area contributed by atoms with E-state index in [1.807, 2.05) is 0 Å². The topological polar surface area (TPSA) is 75.7 Å². The zero-order chi connectivity index (χ0) is 20.3. The maximum absolute atomic E-state index is 13.6. The second-order valence-electron chi connectivity index (χ2n) is 6.50. The average Bonchev–Trinajstić information content (AvgIpc) is 2.68. The van der Waals surface area contributed by atoms with E-state index >= 15 is 0 Å². The average molecular weight is 427 g/mol. The van der Waals surface area contributed by atoms with Gasteiger partial charge in [0.1, 0.15) is 16.5 Å². The second-order valence-corrected chi connectivity index (χ2v) is 8.84. The lowest BCUT2D eigenvalue weighted by atomic mass is 9.99. The number of carbonyl (C=O) groups is 1. The molecule has 6 nitrogen and oxygen atoms in total. The van der Waals surface area contributed by atoms with Crippen LogP contribution in [-0.4, -0.2) is 38.8 Å². The highest BCUT2D eigenvalue weighted by Crippen LogP contribution is 2.30. The molecule has 0 aliphatic carbocycles. The van der Waals surface area contributed by atoms with Gasteiger partial charge in [0.25, 0.3) is 0 Å². The van der Waals surface area contributed by atoms with Crippen LogP contribution in [0, 0.1) is 11.7 Å². The molecule has 1 atom stereocenters. The molecule has 1 fully saturated rings. The molecule has 9 heteroatoms. The molecule has 0 spiro atoms. The fourth-order valence-corrected chi connectivity index (χ4v) is 5.06. The van der Waals surface area contributed by atoms with Crippen LogP contribution < -0.4 is 10.1 Å². The van der Waals surface area contributed by atoms with Crippen molar-refractivity contribution in [3.63, 3.8) is 0 Å². The first-order valence-electron chi connectivity index (χ1n) is 8.71. The van der Waals surface area contributed by atoms with E-state index in [1.54, 1.807) is 24.3 Å². The number of nitrogens with zero attached hydrogens (tertiary/aromatic N) is 1. The number of methoxy groups -OCH3 is 1. The second kappa shape index (κ2) is 8.46. The van der Waals surface area contributed by atoms with E-state index in [0.29, 0.717) is 23.6 Å². The summed E-state index contributed by atoms with van der Waals surface area (Å²) in [6, 6.07) is 10.1. The molecule has 0 unspecified atom stereocenters. The van der Waals surface area contributed by atoms with Gasteiger partial charge >= 0.3 is 0 Å². The van der Waals surface area contributed by atoms with Gasteiger partial charge in [-0.05, 0) is 49.2 Å². The number of carbonyl (C=O) groups excluding carboxylic acids is 1. The lowest BCUT2D eigenvalue weighted by molar-refractivity contribution is -0.120. The van der Waals surface area contributed by atoms with Gasteiger partial charge in [-0.1, -0.05) is 17.7 Å². The molecule has 1 N–H and O–H groups in total. The third-order valence-electron chi connectivity index (χ3n) is 4.59. The molecule has 0 bridgehead atoms. The number of rotatable bonds is 5. The standard InChI is InChI=1S/C19H20ClFN2O4S/c1-27-17-8-7-15(21)11-18(17)28(25,26)23-9-3-4-13(12-23)19(24)22-16-6-2-5-14(20)10-16/h2,5-8,10-11,13H,3-4,9,12H2,1H3,(H,22,24)/t13-/m0/s1. The highest BCUT2D eigenvalue weighted by molar-refractivity contribution is 7.89. The van der Waals surface area contributed by atoms with Crippen molar-refractivity contribution < 1.29 is 22.3 Å². The van der Waals surface area contributed by atoms with Crippen LogP contribution in [0.1, 0.15) is 12.8 Å². The summed E-state index contributed by atoms with van der Waals surface area (Å²) in [5, 5.41) is 3.26. The number of sulfonamides is 1. The number of nitrogens with one attached hydrogen (secondary N) is 1. The molecule has 3 rings (SSSR count). The summed E-state index contributed by atoms with van der Waals surface area (Å²) < 4.78 is 46.0. The summed E-state index contributed by atoms with van der Waals surface area (Å²) in [6.45, 7) is 0.261. The predicted octanol–water partition coefficient (Wildman–Crippen LogP) is 3.53. The fourth-order valence-electron chi connectivity index (χ4n) is 3.18. The number of piperidine rings is 1. The van der Waals surface area contributed by atoms with Gasteiger partial charge in [-0.15, -0.1) is 0 Å². The summed E-state index contributed by atoms with van der Waals surface area (Å²) in [5.41, 5.74) is 0.546. The largest absolute Gasteiger partial charge is 0.495 e. The van der Waals surface area contributed by atoms with Crippen LogP contribution in [0.2, 0.25) is 5.02 Å². The van der Waals surface area contributed by atoms with Crippen LogP contribution in [0.4, 0.5) is 10.1 Å². The first-order chi connectivity index (χ1) is 13.3. The van der Waals surface area contributed by atoms with Crippen LogP contribution in [0.15, 0.2) is 47.4 Å². The number of hydrogen-bond donors (Lipinski definition) is 1. The van der Waals surface area contributed by atoms with E-state index in [4.69, 9.17) is 16.3 Å². The Bertz CT molecular complexity index is 984. The fraction of sp³-hybridized carbons (Fsp3) is 0.316. The van der Waals surface area contributed by atoms with E-state index in [0.717, 1.165) is 12.1 Å². The number of benzene rings is 2. The van der Waals surface area contributed by atoms with Crippen molar-refractivity contribution in [2.24, 2.45) is 5.92 Å². The minimum atomic E-state index is -4.01. The monoisotopic (exact) mass is 426 g/mol. The van der Waals surface area contributed by atoms with Gasteiger partial charge in [0, 0.05) is 23.8 Å². The molecular formula is C19H20ClFN2O4S. The SMILES string of the molecule is COc1ccc(F)cc1S(=O)(=O)N1CCC[C@H](C(=O)Nc2cccc(Cl)c2)C1. The van der Waals surface area contributed by atoms with Crippen LogP contribution in [0.25, 0.3) is 0 Å². The third-order valence-corrected chi connectivity index (χ3v) is 6.71. The molecule has 1 heterocycles. The number of hydrogen-bond acceptors (Lipinski definition) is 4. The zero-order valence-corrected chi connectivity index (χ0v) is 16.8. The lowest BCUT2D eigenvalue weighted by Crippen LogP contribution is -2.43. The molecule has 1 aliphatic rings. The molecular weight excluding hydrogens is 407 g/mol. The third kappa shape index (κ3) is 4.45. The van der Waals surface area contributed by atoms with E-state index in [2.05, 4.69) is 5.32 Å². The zero-order valence-electron chi connectivity index (χ0n) is 15.2. The van der Waals surface area contributed by atoms with Gasteiger partial charge in [0.05, 0.1) is 13.0 Å². The van der Waals surface area contributed by atoms with Crippen molar-refractivity contribution in [3.8, 4) is 5.75 Å². The minimum Gasteiger partial charge on any atom is -0.495 e. The Morgan fingerprint density at radius 1 is 1.29 bits per heavy atom. The van der Waals surface area contributed by atoms with Crippen molar-refractivity contribution in [1.82, 2.24) is 4.31 Å². The smallest absolute Gasteiger partial charge is 0.246 e. The van der Waals surface area contributed by atoms with Crippen molar-refractivity contribution >= 4 is 33.2 Å². The summed E-state index contributed by atoms with van der Waals surface area (Å²) in [5.74, 6) is -1.42. The number of anilines is 1. The van der Waals surface area contributed by atoms with E-state index < -0.39 is 21.8 Å². The molecule has 0 saturated carbocycles. The van der Waals surface area contributed by atoms with Crippen LogP contribution in [-0.2, 0) is 14.8 Å². The molecule has 150 valence electrons. The van der Waals surface area contributed by atoms with Crippen molar-refractivity contribution in [3.05, 3.63) is 53.3 Å². The van der Waals surface area contributed by atoms with Gasteiger partial charge < -0.3 is 10.1 Å². The summed E-state index contributed by atoms with van der Waals surface area (Å²) in [6.07, 6.45) is 1.07. The normalized spacial score (nSPS) is 17.9. The Morgan fingerprint density at radius 2 is 2.07 bits per heavy atom. The van der Waals surface area contributed by atoms with Crippen molar-refractivity contribution in [2.45, 2.75) is 17.7 Å². The summed E-state index contributed by atoms with van der Waals surface area (Å²) in [7, 11) is -2.68. The molecule has 2 aromatic rings. The first-order valence-corrected chi connectivity index (χ1v) is 10.5. The van der Waals surface area contributed by atoms with Crippen LogP contribution in [0.3, 0.4) is 0 Å². The molecule has 1 saturated heterocycles. The lowest BCUT2D eigenvalue weighted by Gasteiger charge is -2.31. The van der Waals surface area contributed by atoms with Crippen molar-refractivity contribution in [2.75, 3.05) is 25.5 Å². The highest BCUT2D eigenvalue weighted by atomic mass is 35.5. The van der Waals surface area contributed by atoms with Gasteiger partial charge in [-0.2, -0.15) is 4.31 Å². The molecule has 0 radical (unpaired) electrons. The van der Waals surface area contributed by atoms with Gasteiger partial charge in [-0.3, -0.25) is 4.79 Å². The number of ether oxygens (including phenoxy) is 1. The molecule has 1 aliphatic heterocycles.